The van der Waals surface area contributed by atoms with E-state index in [0.717, 1.165) is 16.7 Å². The number of rotatable bonds is 5. The first-order valence-electron chi connectivity index (χ1n) is 9.11. The van der Waals surface area contributed by atoms with Crippen LogP contribution in [0, 0.1) is 5.82 Å². The third-order valence-electron chi connectivity index (χ3n) is 4.40. The zero-order valence-electron chi connectivity index (χ0n) is 15.8. The van der Waals surface area contributed by atoms with E-state index in [1.54, 1.807) is 60.7 Å². The van der Waals surface area contributed by atoms with Crippen molar-refractivity contribution in [2.24, 2.45) is 0 Å². The van der Waals surface area contributed by atoms with Crippen molar-refractivity contribution in [3.8, 4) is 5.75 Å². The number of carbonyl (C=O) groups is 2. The van der Waals surface area contributed by atoms with Gasteiger partial charge >= 0.3 is 0 Å². The highest BCUT2D eigenvalue weighted by atomic mass is 35.5. The minimum Gasteiger partial charge on any atom is -0.486 e. The van der Waals surface area contributed by atoms with Gasteiger partial charge in [-0.2, -0.15) is 0 Å². The lowest BCUT2D eigenvalue weighted by Crippen LogP contribution is -2.27. The lowest BCUT2D eigenvalue weighted by atomic mass is 10.2. The first kappa shape index (κ1) is 21.4. The summed E-state index contributed by atoms with van der Waals surface area (Å²) in [5, 5.41) is 0.0876. The molecule has 8 heteroatoms. The first-order chi connectivity index (χ1) is 14.9. The van der Waals surface area contributed by atoms with Crippen molar-refractivity contribution in [2.45, 2.75) is 6.61 Å². The molecule has 1 fully saturated rings. The van der Waals surface area contributed by atoms with E-state index >= 15 is 0 Å². The van der Waals surface area contributed by atoms with E-state index in [-0.39, 0.29) is 38.4 Å². The molecule has 2 amide bonds. The van der Waals surface area contributed by atoms with Crippen LogP contribution in [0.4, 0.5) is 14.9 Å². The number of para-hydroxylation sites is 1. The smallest absolute Gasteiger partial charge is 0.298 e. The number of nitrogens with zero attached hydrogens (tertiary/aromatic N) is 1. The average molecular weight is 474 g/mol. The number of carbonyl (C=O) groups excluding carboxylic acids is 2. The van der Waals surface area contributed by atoms with Gasteiger partial charge in [0.1, 0.15) is 12.4 Å². The van der Waals surface area contributed by atoms with Crippen molar-refractivity contribution in [3.63, 3.8) is 0 Å². The Morgan fingerprint density at radius 2 is 1.68 bits per heavy atom. The third-order valence-corrected chi connectivity index (χ3v) is 5.83. The zero-order valence-corrected chi connectivity index (χ0v) is 18.2. The second kappa shape index (κ2) is 9.14. The zero-order chi connectivity index (χ0) is 22.0. The maximum absolute atomic E-state index is 13.3. The van der Waals surface area contributed by atoms with Crippen molar-refractivity contribution < 1.29 is 18.7 Å². The lowest BCUT2D eigenvalue weighted by molar-refractivity contribution is -0.113. The molecule has 1 aliphatic heterocycles. The van der Waals surface area contributed by atoms with Crippen LogP contribution in [0.2, 0.25) is 10.0 Å². The number of anilines is 1. The maximum Gasteiger partial charge on any atom is 0.298 e. The first-order valence-corrected chi connectivity index (χ1v) is 10.7. The normalized spacial score (nSPS) is 15.1. The molecule has 0 aromatic heterocycles. The van der Waals surface area contributed by atoms with Crippen LogP contribution in [0.1, 0.15) is 11.1 Å². The maximum atomic E-state index is 13.3. The highest BCUT2D eigenvalue weighted by Crippen LogP contribution is 2.39. The van der Waals surface area contributed by atoms with Crippen LogP contribution < -0.4 is 9.64 Å². The Morgan fingerprint density at radius 3 is 2.35 bits per heavy atom. The Kier molecular flexibility index (Phi) is 6.32. The molecule has 1 heterocycles. The highest BCUT2D eigenvalue weighted by Gasteiger charge is 2.36. The van der Waals surface area contributed by atoms with Gasteiger partial charge in [-0.05, 0) is 65.4 Å². The molecule has 31 heavy (non-hydrogen) atoms. The second-order valence-corrected chi connectivity index (χ2v) is 8.39. The molecule has 3 aromatic rings. The predicted molar refractivity (Wildman–Crippen MR) is 122 cm³/mol. The SMILES string of the molecule is O=C1S/C(=C\c2cc(Cl)c(OCc3cccc(F)c3)c(Cl)c2)C(=O)N1c1ccccc1. The van der Waals surface area contributed by atoms with E-state index < -0.39 is 5.91 Å². The number of ether oxygens (including phenoxy) is 1. The third kappa shape index (κ3) is 4.77. The standard InChI is InChI=1S/C23H14Cl2FNO3S/c24-18-10-15(11-19(25)21(18)30-13-14-5-4-6-16(26)9-14)12-20-22(28)27(23(29)31-20)17-7-2-1-3-8-17/h1-12H,13H2/b20-12-. The summed E-state index contributed by atoms with van der Waals surface area (Å²) in [4.78, 5) is 26.5. The van der Waals surface area contributed by atoms with Gasteiger partial charge in [-0.1, -0.05) is 53.5 Å². The van der Waals surface area contributed by atoms with Crippen LogP contribution >= 0.6 is 35.0 Å². The van der Waals surface area contributed by atoms with Crippen molar-refractivity contribution >= 4 is 57.9 Å². The van der Waals surface area contributed by atoms with E-state index in [4.69, 9.17) is 27.9 Å². The summed E-state index contributed by atoms with van der Waals surface area (Å²) >= 11 is 13.5. The molecule has 0 aliphatic carbocycles. The van der Waals surface area contributed by atoms with E-state index in [9.17, 15) is 14.0 Å². The van der Waals surface area contributed by atoms with Gasteiger partial charge in [0, 0.05) is 0 Å². The van der Waals surface area contributed by atoms with Crippen LogP contribution in [0.3, 0.4) is 0 Å². The number of hydrogen-bond donors (Lipinski definition) is 0. The molecule has 1 saturated heterocycles. The molecule has 0 spiro atoms. The van der Waals surface area contributed by atoms with Gasteiger partial charge in [0.25, 0.3) is 11.1 Å². The molecule has 0 atom stereocenters. The fourth-order valence-electron chi connectivity index (χ4n) is 3.00. The van der Waals surface area contributed by atoms with Crippen LogP contribution in [0.15, 0.2) is 71.6 Å². The summed E-state index contributed by atoms with van der Waals surface area (Å²) < 4.78 is 19.0. The van der Waals surface area contributed by atoms with Crippen LogP contribution in [-0.4, -0.2) is 11.1 Å². The van der Waals surface area contributed by atoms with Gasteiger partial charge < -0.3 is 4.74 Å². The molecule has 156 valence electrons. The Hall–Kier alpha value is -2.80. The summed E-state index contributed by atoms with van der Waals surface area (Å²) in [5.41, 5.74) is 1.68. The van der Waals surface area contributed by atoms with Gasteiger partial charge in [-0.25, -0.2) is 9.29 Å². The molecule has 3 aromatic carbocycles. The predicted octanol–water partition coefficient (Wildman–Crippen LogP) is 6.95. The second-order valence-electron chi connectivity index (χ2n) is 6.58. The number of thioether (sulfide) groups is 1. The van der Waals surface area contributed by atoms with Crippen LogP contribution in [-0.2, 0) is 11.4 Å². The number of imide groups is 1. The Labute approximate surface area is 192 Å². The molecular weight excluding hydrogens is 460 g/mol. The topological polar surface area (TPSA) is 46.6 Å². The van der Waals surface area contributed by atoms with Gasteiger partial charge in [-0.15, -0.1) is 0 Å². The summed E-state index contributed by atoms with van der Waals surface area (Å²) in [6, 6.07) is 17.9. The van der Waals surface area contributed by atoms with E-state index in [1.807, 2.05) is 0 Å². The summed E-state index contributed by atoms with van der Waals surface area (Å²) in [6.45, 7) is 0.0898. The molecule has 0 radical (unpaired) electrons. The summed E-state index contributed by atoms with van der Waals surface area (Å²) in [7, 11) is 0. The minimum atomic E-state index is -0.417. The monoisotopic (exact) mass is 473 g/mol. The lowest BCUT2D eigenvalue weighted by Gasteiger charge is -2.12. The van der Waals surface area contributed by atoms with Gasteiger partial charge in [-0.3, -0.25) is 9.59 Å². The molecule has 0 saturated carbocycles. The quantitative estimate of drug-likeness (QED) is 0.376. The van der Waals surface area contributed by atoms with E-state index in [1.165, 1.54) is 12.1 Å². The molecular formula is C23H14Cl2FNO3S. The van der Waals surface area contributed by atoms with E-state index in [2.05, 4.69) is 0 Å². The van der Waals surface area contributed by atoms with Crippen LogP contribution in [0.5, 0.6) is 5.75 Å². The Balaban J connectivity index is 1.55. The van der Waals surface area contributed by atoms with Gasteiger partial charge in [0.05, 0.1) is 20.6 Å². The van der Waals surface area contributed by atoms with Gasteiger partial charge in [0.15, 0.2) is 5.75 Å². The summed E-state index contributed by atoms with van der Waals surface area (Å²) in [6.07, 6.45) is 1.56. The number of hydrogen-bond acceptors (Lipinski definition) is 4. The Bertz CT molecular complexity index is 1180. The number of benzene rings is 3. The van der Waals surface area contributed by atoms with Crippen molar-refractivity contribution in [2.75, 3.05) is 4.90 Å². The van der Waals surface area contributed by atoms with Crippen molar-refractivity contribution in [1.29, 1.82) is 0 Å². The fraction of sp³-hybridized carbons (Fsp3) is 0.0435. The minimum absolute atomic E-state index is 0.0898. The molecule has 4 nitrogen and oxygen atoms in total. The molecule has 0 unspecified atom stereocenters. The molecule has 4 rings (SSSR count). The Morgan fingerprint density at radius 1 is 0.968 bits per heavy atom. The van der Waals surface area contributed by atoms with Gasteiger partial charge in [0.2, 0.25) is 0 Å². The van der Waals surface area contributed by atoms with E-state index in [0.29, 0.717) is 16.8 Å². The highest BCUT2D eigenvalue weighted by molar-refractivity contribution is 8.19. The molecule has 1 aliphatic rings. The fourth-order valence-corrected chi connectivity index (χ4v) is 4.46. The van der Waals surface area contributed by atoms with Crippen LogP contribution in [0.25, 0.3) is 6.08 Å². The number of halogens is 3. The molecule has 0 N–H and O–H groups in total. The van der Waals surface area contributed by atoms with Crippen molar-refractivity contribution in [3.05, 3.63) is 98.6 Å². The largest absolute Gasteiger partial charge is 0.486 e. The molecule has 0 bridgehead atoms. The van der Waals surface area contributed by atoms with Crippen molar-refractivity contribution in [1.82, 2.24) is 0 Å². The average Bonchev–Trinajstić information content (AvgIpc) is 3.01. The number of amides is 2. The summed E-state index contributed by atoms with van der Waals surface area (Å²) in [5.74, 6) is -0.528.